The molecule has 0 heterocycles. The Hall–Kier alpha value is -2.88. The summed E-state index contributed by atoms with van der Waals surface area (Å²) >= 11 is 0. The van der Waals surface area contributed by atoms with Crippen LogP contribution in [0.2, 0.25) is 0 Å². The van der Waals surface area contributed by atoms with Crippen molar-refractivity contribution in [2.45, 2.75) is 117 Å². The number of hydrogen-bond donors (Lipinski definition) is 0. The van der Waals surface area contributed by atoms with Crippen LogP contribution < -0.4 is 18.9 Å². The van der Waals surface area contributed by atoms with Crippen molar-refractivity contribution in [2.75, 3.05) is 28.4 Å². The van der Waals surface area contributed by atoms with Crippen LogP contribution in [-0.4, -0.2) is 28.4 Å². The van der Waals surface area contributed by atoms with Crippen molar-refractivity contribution in [3.63, 3.8) is 0 Å². The molecule has 4 aliphatic rings. The number of ether oxygens (including phenoxy) is 4. The first-order valence-electron chi connectivity index (χ1n) is 17.2. The van der Waals surface area contributed by atoms with Crippen LogP contribution in [0.15, 0.2) is 48.6 Å². The Morgan fingerprint density at radius 3 is 1.14 bits per heavy atom. The molecular weight excluding hydrogens is 544 g/mol. The molecule has 0 spiro atoms. The molecule has 44 heavy (non-hydrogen) atoms. The van der Waals surface area contributed by atoms with Crippen LogP contribution in [0.5, 0.6) is 23.0 Å². The van der Waals surface area contributed by atoms with Gasteiger partial charge in [-0.3, -0.25) is 0 Å². The Balaban J connectivity index is 2.02. The third kappa shape index (κ3) is 10.1. The van der Waals surface area contributed by atoms with Crippen LogP contribution in [-0.2, 0) is 12.8 Å². The van der Waals surface area contributed by atoms with E-state index in [1.165, 1.54) is 47.9 Å². The zero-order valence-electron chi connectivity index (χ0n) is 29.0. The average Bonchev–Trinajstić information content (AvgIpc) is 3.03. The van der Waals surface area contributed by atoms with Gasteiger partial charge in [0.1, 0.15) is 23.0 Å². The molecule has 4 atom stereocenters. The van der Waals surface area contributed by atoms with Gasteiger partial charge >= 0.3 is 0 Å². The number of unbranched alkanes of at least 4 members (excludes halogenated alkanes) is 2. The molecule has 2 aromatic carbocycles. The van der Waals surface area contributed by atoms with Crippen molar-refractivity contribution < 1.29 is 18.9 Å². The normalized spacial score (nSPS) is 22.9. The Bertz CT molecular complexity index is 1050. The maximum atomic E-state index is 6.03. The second-order valence-corrected chi connectivity index (χ2v) is 13.0. The molecule has 4 aliphatic carbocycles. The Morgan fingerprint density at radius 2 is 0.841 bits per heavy atom. The van der Waals surface area contributed by atoms with Gasteiger partial charge in [0.2, 0.25) is 0 Å². The molecule has 0 N–H and O–H groups in total. The predicted molar refractivity (Wildman–Crippen MR) is 186 cm³/mol. The van der Waals surface area contributed by atoms with Crippen molar-refractivity contribution >= 4 is 0 Å². The van der Waals surface area contributed by atoms with Gasteiger partial charge < -0.3 is 18.9 Å². The fraction of sp³-hybridized carbons (Fsp3) is 0.600. The molecule has 0 aromatic heterocycles. The molecule has 0 fully saturated rings. The summed E-state index contributed by atoms with van der Waals surface area (Å²) in [5.41, 5.74) is 4.99. The summed E-state index contributed by atoms with van der Waals surface area (Å²) in [4.78, 5) is 0. The van der Waals surface area contributed by atoms with Crippen LogP contribution in [0.4, 0.5) is 0 Å². The van der Waals surface area contributed by atoms with E-state index in [1.807, 2.05) is 0 Å². The first-order chi connectivity index (χ1) is 21.4. The number of allylic oxidation sites excluding steroid dienone is 4. The summed E-state index contributed by atoms with van der Waals surface area (Å²) < 4.78 is 24.1. The molecular formula is C40H60O4. The van der Waals surface area contributed by atoms with E-state index in [0.29, 0.717) is 23.7 Å². The maximum absolute atomic E-state index is 6.03. The van der Waals surface area contributed by atoms with Crippen LogP contribution in [0.1, 0.15) is 126 Å². The molecule has 0 aliphatic heterocycles. The molecule has 4 bridgehead atoms. The highest BCUT2D eigenvalue weighted by Gasteiger charge is 2.23. The zero-order chi connectivity index (χ0) is 31.9. The lowest BCUT2D eigenvalue weighted by atomic mass is 9.86. The van der Waals surface area contributed by atoms with Gasteiger partial charge in [0.15, 0.2) is 0 Å². The van der Waals surface area contributed by atoms with Gasteiger partial charge in [0.25, 0.3) is 0 Å². The maximum Gasteiger partial charge on any atom is 0.126 e. The largest absolute Gasteiger partial charge is 0.496 e. The minimum atomic E-state index is 0.361. The van der Waals surface area contributed by atoms with Crippen LogP contribution in [0, 0.1) is 11.8 Å². The van der Waals surface area contributed by atoms with Gasteiger partial charge in [0, 0.05) is 11.1 Å². The lowest BCUT2D eigenvalue weighted by Gasteiger charge is -2.24. The quantitative estimate of drug-likeness (QED) is 0.253. The topological polar surface area (TPSA) is 36.9 Å². The lowest BCUT2D eigenvalue weighted by Crippen LogP contribution is -2.08. The second kappa shape index (κ2) is 18.8. The SMILES string of the molecule is CCCC[C@H]1C/C=C/C[C@H](C)Cc2cc(OC)c(c(OC)c2)[C@@H](CCCC)C/C=C/C[C@H](C)Cc2cc(OC)c1c(OC)c2. The third-order valence-electron chi connectivity index (χ3n) is 9.26. The Labute approximate surface area is 269 Å². The monoisotopic (exact) mass is 604 g/mol. The first kappa shape index (κ1) is 35.6. The second-order valence-electron chi connectivity index (χ2n) is 13.0. The molecule has 244 valence electrons. The van der Waals surface area contributed by atoms with Gasteiger partial charge in [-0.05, 0) is 110 Å². The van der Waals surface area contributed by atoms with Gasteiger partial charge in [-0.2, -0.15) is 0 Å². The van der Waals surface area contributed by atoms with E-state index in [4.69, 9.17) is 18.9 Å². The van der Waals surface area contributed by atoms with Crippen molar-refractivity contribution in [3.05, 3.63) is 70.8 Å². The van der Waals surface area contributed by atoms with Crippen LogP contribution >= 0.6 is 0 Å². The predicted octanol–water partition coefficient (Wildman–Crippen LogP) is 11.0. The standard InChI is InChI=1S/C40H60O4/c1-9-11-19-33-21-15-13-17-29(3)24-32-27-37(43-7)40(38(28-32)44-8)34(20-12-10-2)22-16-14-18-30(4)23-31-25-35(41-5)39(33)36(26-31)42-6/h13-16,25-30,33-34H,9-12,17-24H2,1-8H3/b15-13+,16-14+/t29-,30-,33-,34-/m0/s1. The Morgan fingerprint density at radius 1 is 0.523 bits per heavy atom. The first-order valence-corrected chi connectivity index (χ1v) is 17.2. The van der Waals surface area contributed by atoms with E-state index in [1.54, 1.807) is 28.4 Å². The summed E-state index contributed by atoms with van der Waals surface area (Å²) in [5, 5.41) is 0. The van der Waals surface area contributed by atoms with Crippen molar-refractivity contribution in [2.24, 2.45) is 11.8 Å². The molecule has 4 heteroatoms. The van der Waals surface area contributed by atoms with E-state index in [-0.39, 0.29) is 0 Å². The van der Waals surface area contributed by atoms with Gasteiger partial charge in [-0.25, -0.2) is 0 Å². The van der Waals surface area contributed by atoms with Crippen molar-refractivity contribution in [1.29, 1.82) is 0 Å². The molecule has 0 saturated carbocycles. The number of benzene rings is 2. The zero-order valence-corrected chi connectivity index (χ0v) is 29.0. The molecule has 0 amide bonds. The third-order valence-corrected chi connectivity index (χ3v) is 9.26. The summed E-state index contributed by atoms with van der Waals surface area (Å²) in [6.45, 7) is 9.21. The van der Waals surface area contributed by atoms with E-state index < -0.39 is 0 Å². The minimum absolute atomic E-state index is 0.361. The molecule has 0 saturated heterocycles. The van der Waals surface area contributed by atoms with E-state index in [9.17, 15) is 0 Å². The van der Waals surface area contributed by atoms with Gasteiger partial charge in [0.05, 0.1) is 28.4 Å². The fourth-order valence-electron chi connectivity index (χ4n) is 6.84. The minimum Gasteiger partial charge on any atom is -0.496 e. The summed E-state index contributed by atoms with van der Waals surface area (Å²) in [7, 11) is 7.21. The number of hydrogen-bond acceptors (Lipinski definition) is 4. The van der Waals surface area contributed by atoms with Crippen molar-refractivity contribution in [3.8, 4) is 23.0 Å². The molecule has 0 radical (unpaired) electrons. The lowest BCUT2D eigenvalue weighted by molar-refractivity contribution is 0.373. The van der Waals surface area contributed by atoms with Gasteiger partial charge in [-0.1, -0.05) is 77.7 Å². The number of rotatable bonds is 10. The van der Waals surface area contributed by atoms with Crippen molar-refractivity contribution in [1.82, 2.24) is 0 Å². The summed E-state index contributed by atoms with van der Waals surface area (Å²) in [6.07, 6.45) is 22.5. The average molecular weight is 605 g/mol. The highest BCUT2D eigenvalue weighted by Crippen LogP contribution is 2.43. The molecule has 4 nitrogen and oxygen atoms in total. The molecule has 0 unspecified atom stereocenters. The molecule has 2 aromatic rings. The molecule has 6 rings (SSSR count). The van der Waals surface area contributed by atoms with E-state index in [0.717, 1.165) is 74.4 Å². The summed E-state index contributed by atoms with van der Waals surface area (Å²) in [5.74, 6) is 5.60. The number of methoxy groups -OCH3 is 4. The van der Waals surface area contributed by atoms with E-state index >= 15 is 0 Å². The smallest absolute Gasteiger partial charge is 0.126 e. The summed E-state index contributed by atoms with van der Waals surface area (Å²) in [6, 6.07) is 9.05. The van der Waals surface area contributed by atoms with Crippen LogP contribution in [0.3, 0.4) is 0 Å². The van der Waals surface area contributed by atoms with Gasteiger partial charge in [-0.15, -0.1) is 0 Å². The highest BCUT2D eigenvalue weighted by molar-refractivity contribution is 5.52. The van der Waals surface area contributed by atoms with E-state index in [2.05, 4.69) is 76.3 Å². The fourth-order valence-corrected chi connectivity index (χ4v) is 6.84. The Kier molecular flexibility index (Phi) is 15.2. The van der Waals surface area contributed by atoms with Crippen LogP contribution in [0.25, 0.3) is 0 Å². The highest BCUT2D eigenvalue weighted by atomic mass is 16.5.